The van der Waals surface area contributed by atoms with Crippen molar-refractivity contribution in [2.24, 2.45) is 39.9 Å². The fourth-order valence-electron chi connectivity index (χ4n) is 8.23. The molecular formula is C19H30. The third-order valence-corrected chi connectivity index (χ3v) is 9.34. The molecule has 0 aromatic heterocycles. The normalized spacial score (nSPS) is 66.0. The Kier molecular flexibility index (Phi) is 1.99. The molecule has 0 heterocycles. The van der Waals surface area contributed by atoms with Gasteiger partial charge in [-0.3, -0.25) is 0 Å². The van der Waals surface area contributed by atoms with Crippen molar-refractivity contribution in [1.82, 2.24) is 0 Å². The molecule has 1 spiro atoms. The molecule has 0 heteroatoms. The van der Waals surface area contributed by atoms with E-state index in [2.05, 4.69) is 13.8 Å². The standard InChI is InChI=1S/C19H30/c1-17-8-3-4-15(17)14-6-11-19-12-13(19)5-10-18(19,2)16(14)7-9-17/h13-16H,3-12H2,1-2H3. The van der Waals surface area contributed by atoms with Crippen LogP contribution in [0.5, 0.6) is 0 Å². The second-order valence-electron chi connectivity index (χ2n) is 9.51. The Morgan fingerprint density at radius 2 is 1.68 bits per heavy atom. The van der Waals surface area contributed by atoms with Gasteiger partial charge in [0.25, 0.3) is 0 Å². The maximum Gasteiger partial charge on any atom is -0.0209 e. The van der Waals surface area contributed by atoms with Crippen LogP contribution in [-0.4, -0.2) is 0 Å². The summed E-state index contributed by atoms with van der Waals surface area (Å²) in [5, 5.41) is 0. The zero-order valence-electron chi connectivity index (χ0n) is 12.9. The summed E-state index contributed by atoms with van der Waals surface area (Å²) in [6, 6.07) is 0. The van der Waals surface area contributed by atoms with Gasteiger partial charge in [-0.25, -0.2) is 0 Å². The van der Waals surface area contributed by atoms with Crippen LogP contribution in [0.3, 0.4) is 0 Å². The first-order valence-corrected chi connectivity index (χ1v) is 9.09. The number of fused-ring (bicyclic) bond motifs is 4. The van der Waals surface area contributed by atoms with E-state index in [-0.39, 0.29) is 0 Å². The SMILES string of the molecule is CC12CCCC1C1CCC34CC3CCC4(C)C1CC2. The van der Waals surface area contributed by atoms with E-state index in [1.165, 1.54) is 6.42 Å². The van der Waals surface area contributed by atoms with Crippen LogP contribution in [0.15, 0.2) is 0 Å². The van der Waals surface area contributed by atoms with Gasteiger partial charge in [-0.05, 0) is 97.7 Å². The summed E-state index contributed by atoms with van der Waals surface area (Å²) in [6.45, 7) is 5.37. The first-order chi connectivity index (χ1) is 9.09. The van der Waals surface area contributed by atoms with Crippen molar-refractivity contribution in [1.29, 1.82) is 0 Å². The minimum Gasteiger partial charge on any atom is -0.0594 e. The van der Waals surface area contributed by atoms with Gasteiger partial charge in [-0.1, -0.05) is 20.3 Å². The predicted molar refractivity (Wildman–Crippen MR) is 78.8 cm³/mol. The van der Waals surface area contributed by atoms with Gasteiger partial charge in [-0.15, -0.1) is 0 Å². The van der Waals surface area contributed by atoms with Crippen molar-refractivity contribution in [2.75, 3.05) is 0 Å². The van der Waals surface area contributed by atoms with Crippen LogP contribution < -0.4 is 0 Å². The molecule has 0 nitrogen and oxygen atoms in total. The van der Waals surface area contributed by atoms with E-state index in [4.69, 9.17) is 0 Å². The van der Waals surface area contributed by atoms with Crippen LogP contribution >= 0.6 is 0 Å². The second kappa shape index (κ2) is 3.25. The molecule has 5 saturated carbocycles. The molecule has 0 aromatic carbocycles. The van der Waals surface area contributed by atoms with Gasteiger partial charge in [0.2, 0.25) is 0 Å². The Labute approximate surface area is 118 Å². The average molecular weight is 258 g/mol. The first-order valence-electron chi connectivity index (χ1n) is 9.09. The van der Waals surface area contributed by atoms with Crippen LogP contribution in [0.2, 0.25) is 0 Å². The molecule has 0 aliphatic heterocycles. The van der Waals surface area contributed by atoms with Crippen molar-refractivity contribution in [3.05, 3.63) is 0 Å². The lowest BCUT2D eigenvalue weighted by Crippen LogP contribution is -2.50. The third-order valence-electron chi connectivity index (χ3n) is 9.34. The molecule has 5 aliphatic rings. The molecule has 7 unspecified atom stereocenters. The summed E-state index contributed by atoms with van der Waals surface area (Å²) in [5.41, 5.74) is 2.38. The molecular weight excluding hydrogens is 228 g/mol. The zero-order valence-corrected chi connectivity index (χ0v) is 12.9. The van der Waals surface area contributed by atoms with Gasteiger partial charge < -0.3 is 0 Å². The van der Waals surface area contributed by atoms with Gasteiger partial charge >= 0.3 is 0 Å². The van der Waals surface area contributed by atoms with E-state index >= 15 is 0 Å². The van der Waals surface area contributed by atoms with Crippen LogP contribution in [-0.2, 0) is 0 Å². The van der Waals surface area contributed by atoms with Gasteiger partial charge in [0.05, 0.1) is 0 Å². The fourth-order valence-corrected chi connectivity index (χ4v) is 8.23. The predicted octanol–water partition coefficient (Wildman–Crippen LogP) is 5.42. The van der Waals surface area contributed by atoms with E-state index in [1.807, 2.05) is 0 Å². The lowest BCUT2D eigenvalue weighted by atomic mass is 9.47. The number of hydrogen-bond acceptors (Lipinski definition) is 0. The molecule has 19 heavy (non-hydrogen) atoms. The van der Waals surface area contributed by atoms with Gasteiger partial charge in [0.1, 0.15) is 0 Å². The van der Waals surface area contributed by atoms with Crippen molar-refractivity contribution in [3.63, 3.8) is 0 Å². The van der Waals surface area contributed by atoms with Crippen molar-refractivity contribution < 1.29 is 0 Å². The summed E-state index contributed by atoms with van der Waals surface area (Å²) in [4.78, 5) is 0. The highest BCUT2D eigenvalue weighted by Crippen LogP contribution is 2.81. The summed E-state index contributed by atoms with van der Waals surface area (Å²) in [5.74, 6) is 4.51. The van der Waals surface area contributed by atoms with Crippen molar-refractivity contribution in [2.45, 2.75) is 78.1 Å². The van der Waals surface area contributed by atoms with E-state index in [9.17, 15) is 0 Å². The smallest absolute Gasteiger partial charge is 0.0209 e. The number of hydrogen-bond donors (Lipinski definition) is 0. The number of rotatable bonds is 0. The minimum atomic E-state index is 0.754. The summed E-state index contributed by atoms with van der Waals surface area (Å²) in [6.07, 6.45) is 15.8. The Hall–Kier alpha value is 0. The van der Waals surface area contributed by atoms with Crippen LogP contribution in [0.25, 0.3) is 0 Å². The minimum absolute atomic E-state index is 0.754. The zero-order chi connectivity index (χ0) is 12.9. The van der Waals surface area contributed by atoms with Crippen LogP contribution in [0, 0.1) is 39.9 Å². The lowest BCUT2D eigenvalue weighted by molar-refractivity contribution is -0.0906. The Morgan fingerprint density at radius 3 is 2.53 bits per heavy atom. The summed E-state index contributed by atoms with van der Waals surface area (Å²) < 4.78 is 0. The maximum absolute atomic E-state index is 2.73. The molecule has 0 N–H and O–H groups in total. The Morgan fingerprint density at radius 1 is 0.789 bits per heavy atom. The molecule has 0 radical (unpaired) electrons. The molecule has 7 atom stereocenters. The highest BCUT2D eigenvalue weighted by Gasteiger charge is 2.73. The average Bonchev–Trinajstić information content (AvgIpc) is 2.83. The molecule has 0 saturated heterocycles. The summed E-state index contributed by atoms with van der Waals surface area (Å²) in [7, 11) is 0. The van der Waals surface area contributed by atoms with Gasteiger partial charge in [0, 0.05) is 0 Å². The molecule has 106 valence electrons. The maximum atomic E-state index is 2.73. The highest BCUT2D eigenvalue weighted by molar-refractivity contribution is 5.22. The molecule has 0 aromatic rings. The Bertz CT molecular complexity index is 426. The molecule has 0 amide bonds. The molecule has 5 rings (SSSR count). The van der Waals surface area contributed by atoms with Crippen molar-refractivity contribution >= 4 is 0 Å². The second-order valence-corrected chi connectivity index (χ2v) is 9.51. The van der Waals surface area contributed by atoms with E-state index in [0.717, 1.165) is 39.9 Å². The van der Waals surface area contributed by atoms with Gasteiger partial charge in [-0.2, -0.15) is 0 Å². The van der Waals surface area contributed by atoms with E-state index in [0.29, 0.717) is 0 Å². The fraction of sp³-hybridized carbons (Fsp3) is 1.00. The summed E-state index contributed by atoms with van der Waals surface area (Å²) >= 11 is 0. The molecule has 5 fully saturated rings. The monoisotopic (exact) mass is 258 g/mol. The van der Waals surface area contributed by atoms with Crippen molar-refractivity contribution in [3.8, 4) is 0 Å². The largest absolute Gasteiger partial charge is 0.0594 e. The first kappa shape index (κ1) is 11.6. The molecule has 0 bridgehead atoms. The Balaban J connectivity index is 1.53. The lowest BCUT2D eigenvalue weighted by Gasteiger charge is -2.58. The molecule has 5 aliphatic carbocycles. The third kappa shape index (κ3) is 1.16. The quantitative estimate of drug-likeness (QED) is 0.544. The van der Waals surface area contributed by atoms with Gasteiger partial charge in [0.15, 0.2) is 0 Å². The van der Waals surface area contributed by atoms with E-state index < -0.39 is 0 Å². The van der Waals surface area contributed by atoms with E-state index in [1.54, 1.807) is 57.8 Å². The van der Waals surface area contributed by atoms with Crippen LogP contribution in [0.4, 0.5) is 0 Å². The topological polar surface area (TPSA) is 0 Å². The highest BCUT2D eigenvalue weighted by atomic mass is 14.8. The van der Waals surface area contributed by atoms with Crippen LogP contribution in [0.1, 0.15) is 78.1 Å².